The van der Waals surface area contributed by atoms with Crippen LogP contribution in [0.1, 0.15) is 30.9 Å². The molecule has 0 radical (unpaired) electrons. The zero-order valence-corrected chi connectivity index (χ0v) is 10.4. The topological polar surface area (TPSA) is 35.2 Å². The van der Waals surface area contributed by atoms with Gasteiger partial charge in [-0.2, -0.15) is 0 Å². The maximum atomic E-state index is 5.70. The Bertz CT molecular complexity index is 369. The molecule has 0 aliphatic carbocycles. The zero-order chi connectivity index (χ0) is 12.1. The average molecular weight is 219 g/mol. The third-order valence-electron chi connectivity index (χ3n) is 2.60. The molecule has 0 aliphatic rings. The van der Waals surface area contributed by atoms with E-state index in [1.54, 1.807) is 0 Å². The molecule has 0 aromatic heterocycles. The van der Waals surface area contributed by atoms with E-state index in [1.807, 2.05) is 6.92 Å². The highest BCUT2D eigenvalue weighted by Crippen LogP contribution is 2.24. The lowest BCUT2D eigenvalue weighted by atomic mass is 10.0. The van der Waals surface area contributed by atoms with Gasteiger partial charge in [0.25, 0.3) is 0 Å². The zero-order valence-electron chi connectivity index (χ0n) is 10.4. The van der Waals surface area contributed by atoms with Crippen LogP contribution in [0.15, 0.2) is 30.4 Å². The lowest BCUT2D eigenvalue weighted by Gasteiger charge is -2.13. The molecule has 0 saturated carbocycles. The Labute approximate surface area is 98.1 Å². The van der Waals surface area contributed by atoms with Crippen LogP contribution in [0.3, 0.4) is 0 Å². The summed E-state index contributed by atoms with van der Waals surface area (Å²) in [7, 11) is 0. The molecule has 0 amide bonds. The van der Waals surface area contributed by atoms with E-state index in [2.05, 4.69) is 38.6 Å². The predicted molar refractivity (Wildman–Crippen MR) is 69.0 cm³/mol. The highest BCUT2D eigenvalue weighted by Gasteiger charge is 2.05. The van der Waals surface area contributed by atoms with Gasteiger partial charge in [0.05, 0.1) is 0 Å². The summed E-state index contributed by atoms with van der Waals surface area (Å²) in [5.41, 5.74) is 8.82. The molecule has 0 bridgehead atoms. The molecule has 0 heterocycles. The van der Waals surface area contributed by atoms with Gasteiger partial charge in [-0.05, 0) is 35.6 Å². The summed E-state index contributed by atoms with van der Waals surface area (Å²) in [5, 5.41) is 0. The Morgan fingerprint density at radius 3 is 2.69 bits per heavy atom. The van der Waals surface area contributed by atoms with Crippen LogP contribution in [-0.4, -0.2) is 13.2 Å². The first-order valence-corrected chi connectivity index (χ1v) is 5.64. The summed E-state index contributed by atoms with van der Waals surface area (Å²) in [6.07, 6.45) is 0. The van der Waals surface area contributed by atoms with Gasteiger partial charge >= 0.3 is 0 Å². The normalized spacial score (nSPS) is 10.6. The van der Waals surface area contributed by atoms with E-state index in [0.29, 0.717) is 19.1 Å². The van der Waals surface area contributed by atoms with Crippen molar-refractivity contribution in [1.29, 1.82) is 0 Å². The molecular weight excluding hydrogens is 198 g/mol. The molecule has 0 saturated heterocycles. The van der Waals surface area contributed by atoms with Crippen molar-refractivity contribution < 1.29 is 4.74 Å². The van der Waals surface area contributed by atoms with Crippen molar-refractivity contribution in [3.8, 4) is 5.75 Å². The van der Waals surface area contributed by atoms with Crippen LogP contribution in [0.5, 0.6) is 5.75 Å². The van der Waals surface area contributed by atoms with Crippen molar-refractivity contribution in [2.75, 3.05) is 13.2 Å². The fourth-order valence-corrected chi connectivity index (χ4v) is 1.37. The standard InChI is InChI=1S/C14H21NO/c1-10(2)13-6-5-12(4)14(7-13)16-9-11(3)8-15/h5-7,10H,3,8-9,15H2,1-2,4H3. The Morgan fingerprint density at radius 1 is 1.44 bits per heavy atom. The molecule has 0 aliphatic heterocycles. The van der Waals surface area contributed by atoms with Gasteiger partial charge in [-0.15, -0.1) is 0 Å². The van der Waals surface area contributed by atoms with Crippen LogP contribution in [0.4, 0.5) is 0 Å². The van der Waals surface area contributed by atoms with Crippen LogP contribution in [0.25, 0.3) is 0 Å². The van der Waals surface area contributed by atoms with Gasteiger partial charge < -0.3 is 10.5 Å². The second-order valence-electron chi connectivity index (χ2n) is 4.42. The lowest BCUT2D eigenvalue weighted by Crippen LogP contribution is -2.10. The second kappa shape index (κ2) is 5.71. The molecule has 0 fully saturated rings. The van der Waals surface area contributed by atoms with E-state index in [1.165, 1.54) is 5.56 Å². The summed E-state index contributed by atoms with van der Waals surface area (Å²) in [5.74, 6) is 1.45. The highest BCUT2D eigenvalue weighted by atomic mass is 16.5. The maximum Gasteiger partial charge on any atom is 0.122 e. The van der Waals surface area contributed by atoms with Gasteiger partial charge in [-0.3, -0.25) is 0 Å². The lowest BCUT2D eigenvalue weighted by molar-refractivity contribution is 0.348. The quantitative estimate of drug-likeness (QED) is 0.773. The fraction of sp³-hybridized carbons (Fsp3) is 0.429. The summed E-state index contributed by atoms with van der Waals surface area (Å²) < 4.78 is 5.70. The van der Waals surface area contributed by atoms with Crippen LogP contribution in [-0.2, 0) is 0 Å². The van der Waals surface area contributed by atoms with Crippen molar-refractivity contribution in [3.63, 3.8) is 0 Å². The second-order valence-corrected chi connectivity index (χ2v) is 4.42. The van der Waals surface area contributed by atoms with Crippen LogP contribution >= 0.6 is 0 Å². The minimum absolute atomic E-state index is 0.475. The number of rotatable bonds is 5. The van der Waals surface area contributed by atoms with Crippen LogP contribution in [0.2, 0.25) is 0 Å². The van der Waals surface area contributed by atoms with Crippen LogP contribution in [0, 0.1) is 6.92 Å². The fourth-order valence-electron chi connectivity index (χ4n) is 1.37. The van der Waals surface area contributed by atoms with E-state index in [4.69, 9.17) is 10.5 Å². The number of hydrogen-bond acceptors (Lipinski definition) is 2. The molecular formula is C14H21NO. The molecule has 2 heteroatoms. The SMILES string of the molecule is C=C(CN)COc1cc(C(C)C)ccc1C. The van der Waals surface area contributed by atoms with Crippen molar-refractivity contribution in [2.45, 2.75) is 26.7 Å². The van der Waals surface area contributed by atoms with E-state index in [9.17, 15) is 0 Å². The molecule has 88 valence electrons. The van der Waals surface area contributed by atoms with Gasteiger partial charge in [-0.1, -0.05) is 32.6 Å². The molecule has 1 rings (SSSR count). The molecule has 0 atom stereocenters. The summed E-state index contributed by atoms with van der Waals surface area (Å²) in [6, 6.07) is 6.34. The van der Waals surface area contributed by atoms with Gasteiger partial charge in [0, 0.05) is 6.54 Å². The minimum Gasteiger partial charge on any atom is -0.489 e. The van der Waals surface area contributed by atoms with Crippen molar-refractivity contribution in [2.24, 2.45) is 5.73 Å². The Hall–Kier alpha value is -1.28. The Morgan fingerprint density at radius 2 is 2.12 bits per heavy atom. The van der Waals surface area contributed by atoms with Crippen LogP contribution < -0.4 is 10.5 Å². The van der Waals surface area contributed by atoms with Gasteiger partial charge in [0.1, 0.15) is 12.4 Å². The number of benzene rings is 1. The summed E-state index contributed by atoms with van der Waals surface area (Å²) >= 11 is 0. The maximum absolute atomic E-state index is 5.70. The highest BCUT2D eigenvalue weighted by molar-refractivity contribution is 5.38. The molecule has 16 heavy (non-hydrogen) atoms. The third-order valence-corrected chi connectivity index (χ3v) is 2.60. The first-order valence-electron chi connectivity index (χ1n) is 5.64. The van der Waals surface area contributed by atoms with E-state index in [-0.39, 0.29) is 0 Å². The van der Waals surface area contributed by atoms with Gasteiger partial charge in [-0.25, -0.2) is 0 Å². The number of nitrogens with two attached hydrogens (primary N) is 1. The van der Waals surface area contributed by atoms with E-state index < -0.39 is 0 Å². The van der Waals surface area contributed by atoms with Crippen molar-refractivity contribution in [1.82, 2.24) is 0 Å². The van der Waals surface area contributed by atoms with Gasteiger partial charge in [0.15, 0.2) is 0 Å². The van der Waals surface area contributed by atoms with Crippen molar-refractivity contribution in [3.05, 3.63) is 41.5 Å². The molecule has 0 spiro atoms. The summed E-state index contributed by atoms with van der Waals surface area (Å²) in [6.45, 7) is 11.2. The molecule has 2 N–H and O–H groups in total. The van der Waals surface area contributed by atoms with Gasteiger partial charge in [0.2, 0.25) is 0 Å². The minimum atomic E-state index is 0.475. The van der Waals surface area contributed by atoms with Crippen molar-refractivity contribution >= 4 is 0 Å². The monoisotopic (exact) mass is 219 g/mol. The average Bonchev–Trinajstić information content (AvgIpc) is 2.27. The number of aryl methyl sites for hydroxylation is 1. The number of hydrogen-bond donors (Lipinski definition) is 1. The predicted octanol–water partition coefficient (Wildman–Crippen LogP) is 3.01. The molecule has 1 aromatic carbocycles. The summed E-state index contributed by atoms with van der Waals surface area (Å²) in [4.78, 5) is 0. The Balaban J connectivity index is 2.78. The van der Waals surface area contributed by atoms with E-state index in [0.717, 1.165) is 16.9 Å². The molecule has 0 unspecified atom stereocenters. The third kappa shape index (κ3) is 3.38. The Kier molecular flexibility index (Phi) is 4.56. The number of ether oxygens (including phenoxy) is 1. The van der Waals surface area contributed by atoms with E-state index >= 15 is 0 Å². The molecule has 1 aromatic rings. The largest absolute Gasteiger partial charge is 0.489 e. The first kappa shape index (κ1) is 12.8. The molecule has 2 nitrogen and oxygen atoms in total. The first-order chi connectivity index (χ1) is 7.54. The smallest absolute Gasteiger partial charge is 0.122 e.